The zero-order chi connectivity index (χ0) is 11.5. The Hall–Kier alpha value is -2.48. The molecule has 0 aliphatic rings. The zero-order valence-corrected chi connectivity index (χ0v) is 8.68. The van der Waals surface area contributed by atoms with Gasteiger partial charge < -0.3 is 5.73 Å². The van der Waals surface area contributed by atoms with E-state index in [1.54, 1.807) is 18.3 Å². The molecule has 16 heavy (non-hydrogen) atoms. The highest BCUT2D eigenvalue weighted by atomic mass is 15.0. The summed E-state index contributed by atoms with van der Waals surface area (Å²) in [4.78, 5) is 12.0. The third kappa shape index (κ3) is 1.96. The maximum atomic E-state index is 8.77. The van der Waals surface area contributed by atoms with E-state index in [0.29, 0.717) is 11.3 Å². The predicted molar refractivity (Wildman–Crippen MR) is 59.1 cm³/mol. The van der Waals surface area contributed by atoms with Crippen molar-refractivity contribution in [1.82, 2.24) is 15.0 Å². The molecule has 0 bridgehead atoms. The quantitative estimate of drug-likeness (QED) is 0.768. The highest BCUT2D eigenvalue weighted by Gasteiger charge is 2.04. The molecule has 0 atom stereocenters. The first-order chi connectivity index (χ1) is 7.69. The number of hydrogen-bond acceptors (Lipinski definition) is 5. The lowest BCUT2D eigenvalue weighted by Gasteiger charge is -2.02. The largest absolute Gasteiger partial charge is 0.368 e. The molecule has 0 saturated carbocycles. The number of aromatic nitrogens is 3. The molecule has 2 N–H and O–H groups in total. The number of rotatable bonds is 1. The van der Waals surface area contributed by atoms with E-state index in [-0.39, 0.29) is 5.95 Å². The van der Waals surface area contributed by atoms with Crippen LogP contribution in [0.3, 0.4) is 0 Å². The summed E-state index contributed by atoms with van der Waals surface area (Å²) in [5, 5.41) is 8.77. The van der Waals surface area contributed by atoms with Crippen LogP contribution in [0.4, 0.5) is 5.95 Å². The number of hydrogen-bond donors (Lipinski definition) is 1. The monoisotopic (exact) mass is 211 g/mol. The molecular formula is C11H9N5. The minimum absolute atomic E-state index is 0.220. The normalized spacial score (nSPS) is 9.75. The highest BCUT2D eigenvalue weighted by Crippen LogP contribution is 2.18. The van der Waals surface area contributed by atoms with Gasteiger partial charge in [-0.15, -0.1) is 0 Å². The summed E-state index contributed by atoms with van der Waals surface area (Å²) >= 11 is 0. The summed E-state index contributed by atoms with van der Waals surface area (Å²) in [7, 11) is 0. The molecule has 2 heterocycles. The predicted octanol–water partition coefficient (Wildman–Crippen LogP) is 1.30. The number of nitrogens with two attached hydrogens (primary N) is 1. The van der Waals surface area contributed by atoms with Crippen molar-refractivity contribution >= 4 is 5.95 Å². The van der Waals surface area contributed by atoms with Crippen molar-refractivity contribution < 1.29 is 0 Å². The van der Waals surface area contributed by atoms with Gasteiger partial charge in [-0.2, -0.15) is 5.26 Å². The Morgan fingerprint density at radius 2 is 2.06 bits per heavy atom. The third-order valence-corrected chi connectivity index (χ3v) is 2.03. The standard InChI is InChI=1S/C11H9N5/c1-7-2-10(16-11(13)15-7)9-3-8(4-12)5-14-6-9/h2-3,5-6H,1H3,(H2,13,15,16). The van der Waals surface area contributed by atoms with Gasteiger partial charge in [-0.1, -0.05) is 0 Å². The van der Waals surface area contributed by atoms with Crippen LogP contribution in [0.25, 0.3) is 11.3 Å². The van der Waals surface area contributed by atoms with Crippen LogP contribution in [-0.2, 0) is 0 Å². The average molecular weight is 211 g/mol. The van der Waals surface area contributed by atoms with E-state index >= 15 is 0 Å². The molecule has 0 aliphatic heterocycles. The van der Waals surface area contributed by atoms with E-state index in [9.17, 15) is 0 Å². The lowest BCUT2D eigenvalue weighted by atomic mass is 10.1. The average Bonchev–Trinajstić information content (AvgIpc) is 2.28. The topological polar surface area (TPSA) is 88.5 Å². The molecule has 5 nitrogen and oxygen atoms in total. The van der Waals surface area contributed by atoms with Crippen LogP contribution in [0.5, 0.6) is 0 Å². The second kappa shape index (κ2) is 3.95. The van der Waals surface area contributed by atoms with E-state index in [0.717, 1.165) is 11.3 Å². The van der Waals surface area contributed by atoms with Crippen molar-refractivity contribution in [2.45, 2.75) is 6.92 Å². The van der Waals surface area contributed by atoms with Crippen molar-refractivity contribution in [2.24, 2.45) is 0 Å². The molecule has 78 valence electrons. The number of pyridine rings is 1. The zero-order valence-electron chi connectivity index (χ0n) is 8.68. The van der Waals surface area contributed by atoms with Gasteiger partial charge in [0.05, 0.1) is 11.3 Å². The first-order valence-electron chi connectivity index (χ1n) is 4.66. The summed E-state index contributed by atoms with van der Waals surface area (Å²) in [6.07, 6.45) is 3.14. The van der Waals surface area contributed by atoms with Crippen molar-refractivity contribution in [3.05, 3.63) is 35.8 Å². The lowest BCUT2D eigenvalue weighted by Crippen LogP contribution is -1.98. The van der Waals surface area contributed by atoms with Gasteiger partial charge in [0.2, 0.25) is 5.95 Å². The Kier molecular flexibility index (Phi) is 2.48. The fourth-order valence-corrected chi connectivity index (χ4v) is 1.38. The molecule has 5 heteroatoms. The molecule has 0 fully saturated rings. The summed E-state index contributed by atoms with van der Waals surface area (Å²) < 4.78 is 0. The number of aryl methyl sites for hydroxylation is 1. The first kappa shape index (κ1) is 10.1. The summed E-state index contributed by atoms with van der Waals surface area (Å²) in [6, 6.07) is 5.55. The van der Waals surface area contributed by atoms with Gasteiger partial charge in [-0.3, -0.25) is 4.98 Å². The minimum atomic E-state index is 0.220. The van der Waals surface area contributed by atoms with E-state index in [2.05, 4.69) is 15.0 Å². The lowest BCUT2D eigenvalue weighted by molar-refractivity contribution is 1.12. The van der Waals surface area contributed by atoms with Crippen LogP contribution >= 0.6 is 0 Å². The van der Waals surface area contributed by atoms with E-state index < -0.39 is 0 Å². The van der Waals surface area contributed by atoms with Crippen molar-refractivity contribution in [2.75, 3.05) is 5.73 Å². The van der Waals surface area contributed by atoms with E-state index in [1.807, 2.05) is 13.0 Å². The second-order valence-corrected chi connectivity index (χ2v) is 3.33. The Balaban J connectivity index is 2.54. The third-order valence-electron chi connectivity index (χ3n) is 2.03. The molecule has 0 unspecified atom stereocenters. The van der Waals surface area contributed by atoms with Crippen LogP contribution in [0, 0.1) is 18.3 Å². The Morgan fingerprint density at radius 1 is 1.25 bits per heavy atom. The first-order valence-corrected chi connectivity index (χ1v) is 4.66. The molecule has 0 saturated heterocycles. The summed E-state index contributed by atoms with van der Waals surface area (Å²) in [5.74, 6) is 0.220. The number of anilines is 1. The van der Waals surface area contributed by atoms with Gasteiger partial charge in [0, 0.05) is 23.7 Å². The summed E-state index contributed by atoms with van der Waals surface area (Å²) in [5.41, 5.74) is 8.27. The molecular weight excluding hydrogens is 202 g/mol. The molecule has 0 spiro atoms. The Morgan fingerprint density at radius 3 is 2.75 bits per heavy atom. The van der Waals surface area contributed by atoms with Gasteiger partial charge in [0.1, 0.15) is 6.07 Å². The Bertz CT molecular complexity index is 551. The van der Waals surface area contributed by atoms with Gasteiger partial charge in [-0.05, 0) is 19.1 Å². The smallest absolute Gasteiger partial charge is 0.220 e. The molecule has 2 aromatic rings. The molecule has 0 radical (unpaired) electrons. The fourth-order valence-electron chi connectivity index (χ4n) is 1.38. The highest BCUT2D eigenvalue weighted by molar-refractivity contribution is 5.61. The molecule has 0 amide bonds. The second-order valence-electron chi connectivity index (χ2n) is 3.33. The maximum absolute atomic E-state index is 8.77. The Labute approximate surface area is 92.6 Å². The molecule has 0 aliphatic carbocycles. The van der Waals surface area contributed by atoms with Crippen molar-refractivity contribution in [3.63, 3.8) is 0 Å². The fraction of sp³-hybridized carbons (Fsp3) is 0.0909. The number of nitrogens with zero attached hydrogens (tertiary/aromatic N) is 4. The van der Waals surface area contributed by atoms with Crippen LogP contribution in [-0.4, -0.2) is 15.0 Å². The van der Waals surface area contributed by atoms with E-state index in [4.69, 9.17) is 11.0 Å². The van der Waals surface area contributed by atoms with Gasteiger partial charge in [0.15, 0.2) is 0 Å². The molecule has 0 aromatic carbocycles. The van der Waals surface area contributed by atoms with Crippen LogP contribution in [0.15, 0.2) is 24.5 Å². The van der Waals surface area contributed by atoms with Crippen LogP contribution < -0.4 is 5.73 Å². The number of nitrogen functional groups attached to an aromatic ring is 1. The maximum Gasteiger partial charge on any atom is 0.220 e. The van der Waals surface area contributed by atoms with Gasteiger partial charge >= 0.3 is 0 Å². The van der Waals surface area contributed by atoms with Gasteiger partial charge in [0.25, 0.3) is 0 Å². The SMILES string of the molecule is Cc1cc(-c2cncc(C#N)c2)nc(N)n1. The van der Waals surface area contributed by atoms with Crippen LogP contribution in [0.2, 0.25) is 0 Å². The number of nitriles is 1. The van der Waals surface area contributed by atoms with E-state index in [1.165, 1.54) is 6.20 Å². The van der Waals surface area contributed by atoms with Crippen molar-refractivity contribution in [3.8, 4) is 17.3 Å². The van der Waals surface area contributed by atoms with Crippen LogP contribution in [0.1, 0.15) is 11.3 Å². The van der Waals surface area contributed by atoms with Gasteiger partial charge in [-0.25, -0.2) is 9.97 Å². The molecule has 2 aromatic heterocycles. The minimum Gasteiger partial charge on any atom is -0.368 e. The van der Waals surface area contributed by atoms with Crippen molar-refractivity contribution in [1.29, 1.82) is 5.26 Å². The summed E-state index contributed by atoms with van der Waals surface area (Å²) in [6.45, 7) is 1.84. The molecule has 2 rings (SSSR count).